The van der Waals surface area contributed by atoms with Crippen molar-refractivity contribution in [2.24, 2.45) is 0 Å². The molecule has 0 heterocycles. The van der Waals surface area contributed by atoms with Gasteiger partial charge >= 0.3 is 6.09 Å². The highest BCUT2D eigenvalue weighted by molar-refractivity contribution is 9.10. The maximum atomic E-state index is 13.1. The lowest BCUT2D eigenvalue weighted by molar-refractivity contribution is 0.103. The van der Waals surface area contributed by atoms with Crippen LogP contribution in [0.2, 0.25) is 5.02 Å². The van der Waals surface area contributed by atoms with E-state index in [1.54, 1.807) is 36.4 Å². The number of aryl methyl sites for hydroxylation is 2. The summed E-state index contributed by atoms with van der Waals surface area (Å²) in [4.78, 5) is 24.2. The van der Waals surface area contributed by atoms with E-state index in [1.807, 2.05) is 19.1 Å². The van der Waals surface area contributed by atoms with Gasteiger partial charge in [0.2, 0.25) is 0 Å². The number of amides is 1. The zero-order chi connectivity index (χ0) is 23.3. The molecule has 32 heavy (non-hydrogen) atoms. The second-order valence-electron chi connectivity index (χ2n) is 7.52. The summed E-state index contributed by atoms with van der Waals surface area (Å²) >= 11 is 9.80. The molecule has 0 aliphatic carbocycles. The van der Waals surface area contributed by atoms with Crippen LogP contribution >= 0.6 is 27.5 Å². The minimum Gasteiger partial charge on any atom is -0.465 e. The first-order chi connectivity index (χ1) is 15.3. The minimum absolute atomic E-state index is 0.127. The Hall–Kier alpha value is -2.83. The fraction of sp³-hybridized carbons (Fsp3) is 0.200. The highest BCUT2D eigenvalue weighted by Crippen LogP contribution is 2.31. The Balaban J connectivity index is 1.83. The standard InChI is InChI=1S/C25H24BrClN2O3/c1-3-4-5-16-6-9-19(15(2)12-16)24(30)20-10-8-18(14-21(20)27)28-22-11-7-17(26)13-23(22)29-25(31)32/h6-14,28-29H,3-5H2,1-2H3,(H,31,32). The van der Waals surface area contributed by atoms with Gasteiger partial charge in [-0.25, -0.2) is 4.79 Å². The third kappa shape index (κ3) is 5.90. The summed E-state index contributed by atoms with van der Waals surface area (Å²) in [7, 11) is 0. The molecule has 0 bridgehead atoms. The highest BCUT2D eigenvalue weighted by atomic mass is 79.9. The number of rotatable bonds is 8. The first kappa shape index (κ1) is 23.8. The summed E-state index contributed by atoms with van der Waals surface area (Å²) in [5.74, 6) is -0.127. The smallest absolute Gasteiger partial charge is 0.409 e. The average molecular weight is 516 g/mol. The molecule has 3 N–H and O–H groups in total. The van der Waals surface area contributed by atoms with Gasteiger partial charge in [-0.05, 0) is 67.3 Å². The number of benzene rings is 3. The molecule has 0 spiro atoms. The van der Waals surface area contributed by atoms with Gasteiger partial charge in [0.1, 0.15) is 0 Å². The second kappa shape index (κ2) is 10.7. The van der Waals surface area contributed by atoms with Gasteiger partial charge in [0.15, 0.2) is 5.78 Å². The molecule has 3 rings (SSSR count). The number of halogens is 2. The fourth-order valence-corrected chi connectivity index (χ4v) is 4.07. The van der Waals surface area contributed by atoms with Crippen LogP contribution in [0, 0.1) is 6.92 Å². The predicted octanol–water partition coefficient (Wildman–Crippen LogP) is 7.82. The molecule has 0 radical (unpaired) electrons. The lowest BCUT2D eigenvalue weighted by Gasteiger charge is -2.14. The van der Waals surface area contributed by atoms with Gasteiger partial charge in [0, 0.05) is 21.3 Å². The normalized spacial score (nSPS) is 10.6. The van der Waals surface area contributed by atoms with Crippen molar-refractivity contribution in [3.05, 3.63) is 86.3 Å². The summed E-state index contributed by atoms with van der Waals surface area (Å²) in [6, 6.07) is 16.2. The Morgan fingerprint density at radius 2 is 1.75 bits per heavy atom. The minimum atomic E-state index is -1.17. The second-order valence-corrected chi connectivity index (χ2v) is 8.84. The number of hydrogen-bond acceptors (Lipinski definition) is 3. The Bertz CT molecular complexity index is 1160. The van der Waals surface area contributed by atoms with Gasteiger partial charge < -0.3 is 10.4 Å². The molecule has 3 aromatic rings. The molecule has 5 nitrogen and oxygen atoms in total. The molecule has 3 aromatic carbocycles. The van der Waals surface area contributed by atoms with Gasteiger partial charge in [-0.1, -0.05) is 59.1 Å². The van der Waals surface area contributed by atoms with Crippen LogP contribution in [-0.2, 0) is 6.42 Å². The monoisotopic (exact) mass is 514 g/mol. The summed E-state index contributed by atoms with van der Waals surface area (Å²) in [6.07, 6.45) is 2.09. The third-order valence-corrected chi connectivity index (χ3v) is 5.88. The van der Waals surface area contributed by atoms with E-state index in [-0.39, 0.29) is 5.78 Å². The van der Waals surface area contributed by atoms with Crippen LogP contribution in [0.5, 0.6) is 0 Å². The van der Waals surface area contributed by atoms with E-state index >= 15 is 0 Å². The molecule has 166 valence electrons. The van der Waals surface area contributed by atoms with Crippen LogP contribution in [0.1, 0.15) is 46.8 Å². The largest absolute Gasteiger partial charge is 0.465 e. The van der Waals surface area contributed by atoms with Crippen LogP contribution in [-0.4, -0.2) is 17.0 Å². The van der Waals surface area contributed by atoms with Gasteiger partial charge in [0.05, 0.1) is 16.4 Å². The topological polar surface area (TPSA) is 78.4 Å². The molecular weight excluding hydrogens is 492 g/mol. The molecule has 0 saturated carbocycles. The number of carbonyl (C=O) groups excluding carboxylic acids is 1. The molecule has 1 amide bonds. The van der Waals surface area contributed by atoms with Gasteiger partial charge in [-0.3, -0.25) is 10.1 Å². The van der Waals surface area contributed by atoms with Crippen molar-refractivity contribution in [1.82, 2.24) is 0 Å². The van der Waals surface area contributed by atoms with Crippen LogP contribution in [0.3, 0.4) is 0 Å². The van der Waals surface area contributed by atoms with E-state index in [0.29, 0.717) is 33.2 Å². The number of carboxylic acid groups (broad SMARTS) is 1. The number of nitrogens with one attached hydrogen (secondary N) is 2. The number of carbonyl (C=O) groups is 2. The van der Waals surface area contributed by atoms with E-state index in [4.69, 9.17) is 16.7 Å². The Labute approximate surface area is 200 Å². The van der Waals surface area contributed by atoms with E-state index in [0.717, 1.165) is 29.3 Å². The number of anilines is 3. The van der Waals surface area contributed by atoms with Crippen LogP contribution in [0.4, 0.5) is 21.9 Å². The Morgan fingerprint density at radius 3 is 2.41 bits per heavy atom. The van der Waals surface area contributed by atoms with Gasteiger partial charge in [0.25, 0.3) is 0 Å². The summed E-state index contributed by atoms with van der Waals surface area (Å²) in [6.45, 7) is 4.10. The fourth-order valence-electron chi connectivity index (χ4n) is 3.44. The molecule has 0 fully saturated rings. The van der Waals surface area contributed by atoms with Gasteiger partial charge in [-0.2, -0.15) is 0 Å². The van der Waals surface area contributed by atoms with Crippen LogP contribution < -0.4 is 10.6 Å². The average Bonchev–Trinajstić information content (AvgIpc) is 2.73. The van der Waals surface area contributed by atoms with Crippen molar-refractivity contribution in [2.75, 3.05) is 10.6 Å². The van der Waals surface area contributed by atoms with Crippen LogP contribution in [0.15, 0.2) is 59.1 Å². The van der Waals surface area contributed by atoms with E-state index in [1.165, 1.54) is 5.56 Å². The van der Waals surface area contributed by atoms with Crippen molar-refractivity contribution in [3.8, 4) is 0 Å². The molecule has 0 aliphatic heterocycles. The highest BCUT2D eigenvalue weighted by Gasteiger charge is 2.16. The van der Waals surface area contributed by atoms with E-state index in [2.05, 4.69) is 39.6 Å². The lowest BCUT2D eigenvalue weighted by atomic mass is 9.95. The molecule has 0 aliphatic rings. The first-order valence-corrected chi connectivity index (χ1v) is 11.5. The predicted molar refractivity (Wildman–Crippen MR) is 134 cm³/mol. The number of ketones is 1. The van der Waals surface area contributed by atoms with Crippen molar-refractivity contribution >= 4 is 56.5 Å². The molecule has 0 unspecified atom stereocenters. The summed E-state index contributed by atoms with van der Waals surface area (Å²) < 4.78 is 0.738. The van der Waals surface area contributed by atoms with Crippen LogP contribution in [0.25, 0.3) is 0 Å². The SMILES string of the molecule is CCCCc1ccc(C(=O)c2ccc(Nc3ccc(Br)cc3NC(=O)O)cc2Cl)c(C)c1. The van der Waals surface area contributed by atoms with Crippen molar-refractivity contribution < 1.29 is 14.7 Å². The molecule has 0 atom stereocenters. The molecule has 0 saturated heterocycles. The van der Waals surface area contributed by atoms with Gasteiger partial charge in [-0.15, -0.1) is 0 Å². The summed E-state index contributed by atoms with van der Waals surface area (Å²) in [5.41, 5.74) is 4.79. The Morgan fingerprint density at radius 1 is 1.00 bits per heavy atom. The van der Waals surface area contributed by atoms with Crippen molar-refractivity contribution in [3.63, 3.8) is 0 Å². The van der Waals surface area contributed by atoms with E-state index in [9.17, 15) is 9.59 Å². The van der Waals surface area contributed by atoms with E-state index < -0.39 is 6.09 Å². The number of unbranched alkanes of at least 4 members (excludes halogenated alkanes) is 1. The third-order valence-electron chi connectivity index (χ3n) is 5.07. The van der Waals surface area contributed by atoms with Crippen molar-refractivity contribution in [2.45, 2.75) is 33.1 Å². The number of hydrogen-bond donors (Lipinski definition) is 3. The maximum absolute atomic E-state index is 13.1. The zero-order valence-corrected chi connectivity index (χ0v) is 20.2. The zero-order valence-electron chi connectivity index (χ0n) is 17.8. The summed E-state index contributed by atoms with van der Waals surface area (Å²) in [5, 5.41) is 14.9. The molecular formula is C25H24BrClN2O3. The quantitative estimate of drug-likeness (QED) is 0.267. The maximum Gasteiger partial charge on any atom is 0.409 e. The molecule has 0 aromatic heterocycles. The first-order valence-electron chi connectivity index (χ1n) is 10.3. The molecule has 7 heteroatoms. The lowest BCUT2D eigenvalue weighted by Crippen LogP contribution is -2.09. The Kier molecular flexibility index (Phi) is 7.94. The van der Waals surface area contributed by atoms with Crippen molar-refractivity contribution in [1.29, 1.82) is 0 Å².